The Hall–Kier alpha value is -2.64. The van der Waals surface area contributed by atoms with E-state index in [0.29, 0.717) is 45.6 Å². The summed E-state index contributed by atoms with van der Waals surface area (Å²) in [4.78, 5) is 55.1. The fraction of sp³-hybridized carbons (Fsp3) is 0.619. The van der Waals surface area contributed by atoms with E-state index in [4.69, 9.17) is 0 Å². The fourth-order valence-corrected chi connectivity index (χ4v) is 4.31. The van der Waals surface area contributed by atoms with Crippen LogP contribution in [0.4, 0.5) is 4.79 Å². The fourth-order valence-electron chi connectivity index (χ4n) is 4.31. The molecule has 0 aromatic carbocycles. The molecule has 3 heterocycles. The van der Waals surface area contributed by atoms with Crippen LogP contribution in [-0.4, -0.2) is 68.8 Å². The highest BCUT2D eigenvalue weighted by Gasteiger charge is 2.57. The zero-order valence-electron chi connectivity index (χ0n) is 17.5. The third-order valence-corrected chi connectivity index (χ3v) is 5.89. The molecule has 0 atom stereocenters. The standard InChI is InChI=1S/C21H30N4O4/c1-4-24-19(28)21(25(20(24)29)15-16(2)3)9-13-23(14-10-21)18(27)8-12-22-11-6-5-7-17(22)26/h5-7,11,16H,4,8-10,12-15H2,1-3H3. The Morgan fingerprint density at radius 1 is 1.14 bits per heavy atom. The quantitative estimate of drug-likeness (QED) is 0.676. The maximum atomic E-state index is 13.1. The Labute approximate surface area is 171 Å². The molecule has 0 unspecified atom stereocenters. The van der Waals surface area contributed by atoms with Crippen molar-refractivity contribution in [2.75, 3.05) is 26.2 Å². The molecule has 2 saturated heterocycles. The molecular weight excluding hydrogens is 372 g/mol. The van der Waals surface area contributed by atoms with E-state index in [0.717, 1.165) is 0 Å². The summed E-state index contributed by atoms with van der Waals surface area (Å²) >= 11 is 0. The first-order chi connectivity index (χ1) is 13.8. The molecule has 4 amide bonds. The Morgan fingerprint density at radius 2 is 1.83 bits per heavy atom. The van der Waals surface area contributed by atoms with Crippen LogP contribution in [0.2, 0.25) is 0 Å². The zero-order valence-corrected chi connectivity index (χ0v) is 17.5. The topological polar surface area (TPSA) is 82.9 Å². The van der Waals surface area contributed by atoms with Crippen molar-refractivity contribution in [3.05, 3.63) is 34.7 Å². The van der Waals surface area contributed by atoms with Gasteiger partial charge in [0.15, 0.2) is 0 Å². The Bertz CT molecular complexity index is 839. The second kappa shape index (κ2) is 8.39. The Morgan fingerprint density at radius 3 is 2.41 bits per heavy atom. The van der Waals surface area contributed by atoms with E-state index in [1.165, 1.54) is 15.5 Å². The van der Waals surface area contributed by atoms with Crippen LogP contribution in [0.15, 0.2) is 29.2 Å². The van der Waals surface area contributed by atoms with Crippen molar-refractivity contribution in [1.29, 1.82) is 0 Å². The summed E-state index contributed by atoms with van der Waals surface area (Å²) in [6.07, 6.45) is 2.82. The molecule has 0 bridgehead atoms. The molecule has 3 rings (SSSR count). The van der Waals surface area contributed by atoms with Gasteiger partial charge in [0.1, 0.15) is 5.54 Å². The van der Waals surface area contributed by atoms with Gasteiger partial charge in [-0.3, -0.25) is 19.3 Å². The van der Waals surface area contributed by atoms with Crippen molar-refractivity contribution in [1.82, 2.24) is 19.3 Å². The lowest BCUT2D eigenvalue weighted by atomic mass is 9.85. The molecule has 1 aromatic rings. The molecule has 2 fully saturated rings. The smallest absolute Gasteiger partial charge is 0.327 e. The number of piperidine rings is 1. The van der Waals surface area contributed by atoms with E-state index >= 15 is 0 Å². The molecule has 8 heteroatoms. The van der Waals surface area contributed by atoms with Crippen molar-refractivity contribution in [2.24, 2.45) is 5.92 Å². The number of urea groups is 1. The zero-order chi connectivity index (χ0) is 21.2. The van der Waals surface area contributed by atoms with Gasteiger partial charge in [0.25, 0.3) is 11.5 Å². The van der Waals surface area contributed by atoms with E-state index in [-0.39, 0.29) is 35.7 Å². The molecule has 0 N–H and O–H groups in total. The minimum Gasteiger partial charge on any atom is -0.342 e. The average molecular weight is 402 g/mol. The molecular formula is C21H30N4O4. The maximum absolute atomic E-state index is 13.1. The van der Waals surface area contributed by atoms with Crippen molar-refractivity contribution in [2.45, 2.75) is 52.1 Å². The summed E-state index contributed by atoms with van der Waals surface area (Å²) in [5, 5.41) is 0. The van der Waals surface area contributed by atoms with Gasteiger partial charge in [-0.25, -0.2) is 4.79 Å². The number of hydrogen-bond acceptors (Lipinski definition) is 4. The minimum atomic E-state index is -0.829. The number of nitrogens with zero attached hydrogens (tertiary/aromatic N) is 4. The number of imide groups is 1. The van der Waals surface area contributed by atoms with Gasteiger partial charge in [0, 0.05) is 51.4 Å². The maximum Gasteiger partial charge on any atom is 0.327 e. The van der Waals surface area contributed by atoms with E-state index in [1.807, 2.05) is 20.8 Å². The number of amides is 4. The first-order valence-corrected chi connectivity index (χ1v) is 10.4. The van der Waals surface area contributed by atoms with Gasteiger partial charge >= 0.3 is 6.03 Å². The first kappa shape index (κ1) is 21.1. The molecule has 0 radical (unpaired) electrons. The van der Waals surface area contributed by atoms with E-state index < -0.39 is 5.54 Å². The van der Waals surface area contributed by atoms with Crippen LogP contribution in [0.5, 0.6) is 0 Å². The number of hydrogen-bond donors (Lipinski definition) is 0. The van der Waals surface area contributed by atoms with Gasteiger partial charge < -0.3 is 14.4 Å². The largest absolute Gasteiger partial charge is 0.342 e. The number of likely N-dealkylation sites (N-methyl/N-ethyl adjacent to an activating group) is 1. The normalized spacial score (nSPS) is 19.0. The van der Waals surface area contributed by atoms with Crippen molar-refractivity contribution in [3.63, 3.8) is 0 Å². The summed E-state index contributed by atoms with van der Waals surface area (Å²) in [7, 11) is 0. The van der Waals surface area contributed by atoms with E-state index in [9.17, 15) is 19.2 Å². The highest BCUT2D eigenvalue weighted by Crippen LogP contribution is 2.37. The molecule has 1 spiro atoms. The number of aryl methyl sites for hydroxylation is 1. The van der Waals surface area contributed by atoms with Gasteiger partial charge in [0.05, 0.1) is 0 Å². The first-order valence-electron chi connectivity index (χ1n) is 10.4. The summed E-state index contributed by atoms with van der Waals surface area (Å²) in [6.45, 7) is 7.98. The van der Waals surface area contributed by atoms with Crippen LogP contribution in [0, 0.1) is 5.92 Å². The third-order valence-electron chi connectivity index (χ3n) is 5.89. The van der Waals surface area contributed by atoms with Gasteiger partial charge in [-0.05, 0) is 31.7 Å². The van der Waals surface area contributed by atoms with Crippen LogP contribution in [0.25, 0.3) is 0 Å². The lowest BCUT2D eigenvalue weighted by molar-refractivity contribution is -0.141. The van der Waals surface area contributed by atoms with Crippen molar-refractivity contribution >= 4 is 17.8 Å². The number of likely N-dealkylation sites (tertiary alicyclic amines) is 1. The van der Waals surface area contributed by atoms with Crippen molar-refractivity contribution in [3.8, 4) is 0 Å². The van der Waals surface area contributed by atoms with Gasteiger partial charge in [0.2, 0.25) is 5.91 Å². The second-order valence-electron chi connectivity index (χ2n) is 8.23. The highest BCUT2D eigenvalue weighted by molar-refractivity contribution is 6.07. The van der Waals surface area contributed by atoms with Gasteiger partial charge in [-0.2, -0.15) is 0 Å². The average Bonchev–Trinajstić information content (AvgIpc) is 2.88. The van der Waals surface area contributed by atoms with Crippen molar-refractivity contribution < 1.29 is 14.4 Å². The van der Waals surface area contributed by atoms with Gasteiger partial charge in [-0.15, -0.1) is 0 Å². The van der Waals surface area contributed by atoms with Crippen LogP contribution in [0.3, 0.4) is 0 Å². The Balaban J connectivity index is 1.66. The molecule has 8 nitrogen and oxygen atoms in total. The number of pyridine rings is 1. The van der Waals surface area contributed by atoms with Crippen LogP contribution in [-0.2, 0) is 16.1 Å². The number of carbonyl (C=O) groups excluding carboxylic acids is 3. The predicted molar refractivity (Wildman–Crippen MR) is 108 cm³/mol. The second-order valence-corrected chi connectivity index (χ2v) is 8.23. The number of aromatic nitrogens is 1. The number of rotatable bonds is 6. The molecule has 1 aromatic heterocycles. The summed E-state index contributed by atoms with van der Waals surface area (Å²) in [6, 6.07) is 4.70. The monoisotopic (exact) mass is 402 g/mol. The van der Waals surface area contributed by atoms with Gasteiger partial charge in [-0.1, -0.05) is 19.9 Å². The molecule has 158 valence electrons. The predicted octanol–water partition coefficient (Wildman–Crippen LogP) is 1.54. The SMILES string of the molecule is CCN1C(=O)N(CC(C)C)C2(CCN(C(=O)CCn3ccccc3=O)CC2)C1=O. The summed E-state index contributed by atoms with van der Waals surface area (Å²) in [5.41, 5.74) is -0.957. The summed E-state index contributed by atoms with van der Waals surface area (Å²) in [5.74, 6) is 0.0907. The minimum absolute atomic E-state index is 0.0323. The van der Waals surface area contributed by atoms with Crippen LogP contribution >= 0.6 is 0 Å². The molecule has 0 saturated carbocycles. The lowest BCUT2D eigenvalue weighted by Gasteiger charge is -2.42. The number of carbonyl (C=O) groups is 3. The highest BCUT2D eigenvalue weighted by atomic mass is 16.2. The van der Waals surface area contributed by atoms with Crippen LogP contribution in [0.1, 0.15) is 40.0 Å². The lowest BCUT2D eigenvalue weighted by Crippen LogP contribution is -2.58. The summed E-state index contributed by atoms with van der Waals surface area (Å²) < 4.78 is 1.52. The van der Waals surface area contributed by atoms with E-state index in [2.05, 4.69) is 0 Å². The van der Waals surface area contributed by atoms with E-state index in [1.54, 1.807) is 28.1 Å². The molecule has 29 heavy (non-hydrogen) atoms. The molecule has 0 aliphatic carbocycles. The molecule has 2 aliphatic rings. The molecule has 2 aliphatic heterocycles. The Kier molecular flexibility index (Phi) is 6.10. The van der Waals surface area contributed by atoms with Crippen LogP contribution < -0.4 is 5.56 Å². The third kappa shape index (κ3) is 3.93.